The average molecular weight is 366 g/mol. The Morgan fingerprint density at radius 1 is 0.786 bits per heavy atom. The first kappa shape index (κ1) is 16.7. The molecule has 0 saturated carbocycles. The second-order valence-electron chi connectivity index (χ2n) is 6.89. The molecule has 0 aromatic heterocycles. The lowest BCUT2D eigenvalue weighted by Gasteiger charge is -2.27. The maximum atomic E-state index is 13.5. The van der Waals surface area contributed by atoms with Crippen LogP contribution in [-0.2, 0) is 21.7 Å². The van der Waals surface area contributed by atoms with E-state index in [9.17, 15) is 4.79 Å². The van der Waals surface area contributed by atoms with Gasteiger partial charge in [0, 0.05) is 5.56 Å². The molecular formula is C25H18O3. The van der Waals surface area contributed by atoms with Crippen LogP contribution in [0.5, 0.6) is 5.75 Å². The van der Waals surface area contributed by atoms with Crippen molar-refractivity contribution in [3.8, 4) is 5.75 Å². The molecule has 1 aliphatic heterocycles. The molecule has 3 nitrogen and oxygen atoms in total. The molecule has 0 amide bonds. The molecule has 0 spiro atoms. The van der Waals surface area contributed by atoms with Crippen LogP contribution in [0.15, 0.2) is 97.1 Å². The van der Waals surface area contributed by atoms with Gasteiger partial charge in [-0.05, 0) is 34.0 Å². The van der Waals surface area contributed by atoms with Crippen molar-refractivity contribution < 1.29 is 14.3 Å². The van der Waals surface area contributed by atoms with Crippen LogP contribution in [0.25, 0.3) is 10.8 Å². The minimum Gasteiger partial charge on any atom is -0.424 e. The van der Waals surface area contributed by atoms with Crippen molar-refractivity contribution in [2.75, 3.05) is 0 Å². The summed E-state index contributed by atoms with van der Waals surface area (Å²) in [6, 6.07) is 31.0. The Balaban J connectivity index is 1.59. The zero-order valence-electron chi connectivity index (χ0n) is 15.2. The highest BCUT2D eigenvalue weighted by atomic mass is 16.6. The maximum Gasteiger partial charge on any atom is 0.353 e. The number of hydrogen-bond acceptors (Lipinski definition) is 3. The summed E-state index contributed by atoms with van der Waals surface area (Å²) in [5, 5.41) is 2.12. The van der Waals surface area contributed by atoms with Crippen LogP contribution < -0.4 is 4.74 Å². The number of carbonyl (C=O) groups excluding carboxylic acids is 1. The summed E-state index contributed by atoms with van der Waals surface area (Å²) in [5.74, 6) is 0.0749. The largest absolute Gasteiger partial charge is 0.424 e. The smallest absolute Gasteiger partial charge is 0.353 e. The fourth-order valence-electron chi connectivity index (χ4n) is 3.86. The average Bonchev–Trinajstić information content (AvgIpc) is 3.15. The Morgan fingerprint density at radius 3 is 2.36 bits per heavy atom. The van der Waals surface area contributed by atoms with E-state index in [1.807, 2.05) is 97.1 Å². The van der Waals surface area contributed by atoms with Crippen molar-refractivity contribution >= 4 is 16.7 Å². The van der Waals surface area contributed by atoms with Crippen LogP contribution in [0.3, 0.4) is 0 Å². The first-order chi connectivity index (χ1) is 13.8. The van der Waals surface area contributed by atoms with Gasteiger partial charge in [-0.2, -0.15) is 0 Å². The number of benzene rings is 4. The Kier molecular flexibility index (Phi) is 3.96. The van der Waals surface area contributed by atoms with Crippen LogP contribution in [0, 0.1) is 0 Å². The first-order valence-electron chi connectivity index (χ1n) is 9.26. The van der Waals surface area contributed by atoms with E-state index >= 15 is 0 Å². The van der Waals surface area contributed by atoms with Crippen molar-refractivity contribution in [3.05, 3.63) is 114 Å². The monoisotopic (exact) mass is 366 g/mol. The van der Waals surface area contributed by atoms with Crippen molar-refractivity contribution in [1.29, 1.82) is 0 Å². The van der Waals surface area contributed by atoms with Gasteiger partial charge in [0.2, 0.25) is 5.60 Å². The fraction of sp³-hybridized carbons (Fsp3) is 0.0800. The maximum absolute atomic E-state index is 13.5. The summed E-state index contributed by atoms with van der Waals surface area (Å²) in [4.78, 5) is 13.5. The zero-order valence-corrected chi connectivity index (χ0v) is 15.2. The predicted molar refractivity (Wildman–Crippen MR) is 108 cm³/mol. The molecule has 0 N–H and O–H groups in total. The highest BCUT2D eigenvalue weighted by Gasteiger charge is 2.50. The van der Waals surface area contributed by atoms with Crippen molar-refractivity contribution in [2.24, 2.45) is 0 Å². The van der Waals surface area contributed by atoms with E-state index in [-0.39, 0.29) is 0 Å². The Hall–Kier alpha value is -3.43. The molecule has 1 atom stereocenters. The van der Waals surface area contributed by atoms with Crippen molar-refractivity contribution in [1.82, 2.24) is 0 Å². The van der Waals surface area contributed by atoms with Gasteiger partial charge in [-0.15, -0.1) is 0 Å². The van der Waals surface area contributed by atoms with Crippen LogP contribution >= 0.6 is 0 Å². The quantitative estimate of drug-likeness (QED) is 0.368. The lowest BCUT2D eigenvalue weighted by Crippen LogP contribution is -2.40. The van der Waals surface area contributed by atoms with Gasteiger partial charge in [-0.3, -0.25) is 0 Å². The van der Waals surface area contributed by atoms with Gasteiger partial charge in [-0.1, -0.05) is 84.9 Å². The molecule has 0 unspecified atom stereocenters. The van der Waals surface area contributed by atoms with E-state index in [0.29, 0.717) is 12.4 Å². The molecule has 0 aliphatic carbocycles. The summed E-state index contributed by atoms with van der Waals surface area (Å²) in [6.45, 7) is 0.373. The van der Waals surface area contributed by atoms with E-state index in [1.165, 1.54) is 0 Å². The van der Waals surface area contributed by atoms with Crippen LogP contribution in [0.4, 0.5) is 0 Å². The van der Waals surface area contributed by atoms with Gasteiger partial charge in [0.05, 0.1) is 6.61 Å². The molecule has 1 heterocycles. The van der Waals surface area contributed by atoms with Gasteiger partial charge in [0.1, 0.15) is 5.75 Å². The molecule has 4 aromatic carbocycles. The molecule has 5 rings (SSSR count). The van der Waals surface area contributed by atoms with E-state index in [0.717, 1.165) is 27.5 Å². The van der Waals surface area contributed by atoms with E-state index in [2.05, 4.69) is 0 Å². The normalized spacial score (nSPS) is 18.0. The summed E-state index contributed by atoms with van der Waals surface area (Å²) in [6.07, 6.45) is 0. The number of hydrogen-bond donors (Lipinski definition) is 0. The summed E-state index contributed by atoms with van der Waals surface area (Å²) < 4.78 is 12.0. The van der Waals surface area contributed by atoms with Crippen LogP contribution in [-0.4, -0.2) is 5.97 Å². The molecule has 3 heteroatoms. The minimum atomic E-state index is -1.26. The Morgan fingerprint density at radius 2 is 1.50 bits per heavy atom. The van der Waals surface area contributed by atoms with Gasteiger partial charge in [0.15, 0.2) is 0 Å². The van der Waals surface area contributed by atoms with Gasteiger partial charge < -0.3 is 9.47 Å². The summed E-state index contributed by atoms with van der Waals surface area (Å²) >= 11 is 0. The molecule has 0 fully saturated rings. The number of ether oxygens (including phenoxy) is 2. The summed E-state index contributed by atoms with van der Waals surface area (Å²) in [5.41, 5.74) is 1.35. The van der Waals surface area contributed by atoms with E-state index in [4.69, 9.17) is 9.47 Å². The molecule has 28 heavy (non-hydrogen) atoms. The highest BCUT2D eigenvalue weighted by molar-refractivity contribution is 5.90. The Labute approximate surface area is 163 Å². The van der Waals surface area contributed by atoms with Crippen LogP contribution in [0.1, 0.15) is 16.7 Å². The standard InChI is InChI=1S/C25H18O3/c26-24(28-22-15-14-18-8-4-5-9-19(18)16-22)25(21-11-2-1-3-12-21)23-13-7-6-10-20(23)17-27-25/h1-16H,17H2/t25-/m0/s1. The molecule has 0 bridgehead atoms. The molecule has 0 radical (unpaired) electrons. The molecular weight excluding hydrogens is 348 g/mol. The third kappa shape index (κ3) is 2.60. The highest BCUT2D eigenvalue weighted by Crippen LogP contribution is 2.43. The van der Waals surface area contributed by atoms with E-state index in [1.54, 1.807) is 0 Å². The Bertz CT molecular complexity index is 1170. The number of fused-ring (bicyclic) bond motifs is 2. The number of esters is 1. The van der Waals surface area contributed by atoms with Crippen LogP contribution in [0.2, 0.25) is 0 Å². The molecule has 136 valence electrons. The lowest BCUT2D eigenvalue weighted by atomic mass is 9.85. The third-order valence-corrected chi connectivity index (χ3v) is 5.24. The van der Waals surface area contributed by atoms with Crippen molar-refractivity contribution in [2.45, 2.75) is 12.2 Å². The number of carbonyl (C=O) groups is 1. The molecule has 0 saturated heterocycles. The van der Waals surface area contributed by atoms with Gasteiger partial charge in [0.25, 0.3) is 0 Å². The number of rotatable bonds is 3. The molecule has 4 aromatic rings. The van der Waals surface area contributed by atoms with Gasteiger partial charge >= 0.3 is 5.97 Å². The van der Waals surface area contributed by atoms with Crippen molar-refractivity contribution in [3.63, 3.8) is 0 Å². The summed E-state index contributed by atoms with van der Waals surface area (Å²) in [7, 11) is 0. The third-order valence-electron chi connectivity index (χ3n) is 5.24. The fourth-order valence-corrected chi connectivity index (χ4v) is 3.86. The first-order valence-corrected chi connectivity index (χ1v) is 9.26. The minimum absolute atomic E-state index is 0.373. The second kappa shape index (κ2) is 6.63. The lowest BCUT2D eigenvalue weighted by molar-refractivity contribution is -0.157. The SMILES string of the molecule is O=C(Oc1ccc2ccccc2c1)[C@@]1(c2ccccc2)OCc2ccccc21. The molecule has 1 aliphatic rings. The predicted octanol–water partition coefficient (Wildman–Crippen LogP) is 5.22. The van der Waals surface area contributed by atoms with E-state index < -0.39 is 11.6 Å². The second-order valence-corrected chi connectivity index (χ2v) is 6.89. The van der Waals surface area contributed by atoms with Gasteiger partial charge in [-0.25, -0.2) is 4.79 Å². The zero-order chi connectivity index (χ0) is 19.0. The topological polar surface area (TPSA) is 35.5 Å².